The van der Waals surface area contributed by atoms with Crippen molar-refractivity contribution >= 4 is 35.3 Å². The molecule has 0 amide bonds. The third-order valence-corrected chi connectivity index (χ3v) is 9.62. The van der Waals surface area contributed by atoms with Gasteiger partial charge in [0.15, 0.2) is 0 Å². The van der Waals surface area contributed by atoms with E-state index >= 15 is 0 Å². The molecule has 2 aliphatic rings. The van der Waals surface area contributed by atoms with Crippen molar-refractivity contribution in [3.05, 3.63) is 66.2 Å². The number of ether oxygens (including phenoxy) is 2. The van der Waals surface area contributed by atoms with Gasteiger partial charge >= 0.3 is 158 Å². The Morgan fingerprint density at radius 2 is 1.75 bits per heavy atom. The Morgan fingerprint density at radius 3 is 2.46 bits per heavy atom. The van der Waals surface area contributed by atoms with Gasteiger partial charge in [-0.1, -0.05) is 0 Å². The van der Waals surface area contributed by atoms with E-state index in [1.807, 2.05) is 6.07 Å². The molecule has 0 spiro atoms. The third-order valence-electron chi connectivity index (χ3n) is 4.78. The first-order valence-electron chi connectivity index (χ1n) is 8.44. The van der Waals surface area contributed by atoms with Crippen molar-refractivity contribution in [2.24, 2.45) is 5.92 Å². The summed E-state index contributed by atoms with van der Waals surface area (Å²) in [6, 6.07) is 21.2. The Morgan fingerprint density at radius 1 is 1.04 bits per heavy atom. The maximum absolute atomic E-state index is 6.27. The van der Waals surface area contributed by atoms with Crippen LogP contribution < -0.4 is 4.46 Å². The van der Waals surface area contributed by atoms with Crippen molar-refractivity contribution < 1.29 is 9.47 Å². The van der Waals surface area contributed by atoms with Crippen LogP contribution in [0.15, 0.2) is 60.7 Å². The van der Waals surface area contributed by atoms with Crippen LogP contribution in [0.3, 0.4) is 0 Å². The Labute approximate surface area is 158 Å². The zero-order valence-electron chi connectivity index (χ0n) is 13.4. The molecule has 2 bridgehead atoms. The first-order chi connectivity index (χ1) is 11.8. The molecule has 2 aromatic carbocycles. The predicted molar refractivity (Wildman–Crippen MR) is 101 cm³/mol. The molecular weight excluding hydrogens is 431 g/mol. The van der Waals surface area contributed by atoms with E-state index in [2.05, 4.69) is 70.5 Å². The van der Waals surface area contributed by atoms with Crippen LogP contribution in [-0.4, -0.2) is 38.6 Å². The number of rotatable bonds is 6. The van der Waals surface area contributed by atoms with E-state index in [0.29, 0.717) is 49.3 Å². The normalized spacial score (nSPS) is 31.5. The summed E-state index contributed by atoms with van der Waals surface area (Å²) in [5.41, 5.74) is 1.24. The second kappa shape index (κ2) is 7.72. The molecule has 4 heteroatoms. The molecule has 126 valence electrons. The van der Waals surface area contributed by atoms with Crippen molar-refractivity contribution in [3.8, 4) is 0 Å². The van der Waals surface area contributed by atoms with E-state index in [9.17, 15) is 0 Å². The second-order valence-electron chi connectivity index (χ2n) is 6.48. The molecule has 2 aromatic rings. The van der Waals surface area contributed by atoms with Crippen molar-refractivity contribution in [1.82, 2.24) is 0 Å². The Kier molecular flexibility index (Phi) is 5.40. The van der Waals surface area contributed by atoms with E-state index in [0.717, 1.165) is 13.0 Å². The van der Waals surface area contributed by atoms with Crippen LogP contribution in [0, 0.1) is 5.92 Å². The fourth-order valence-corrected chi connectivity index (χ4v) is 7.64. The average Bonchev–Trinajstić information content (AvgIpc) is 3.16. The van der Waals surface area contributed by atoms with E-state index in [1.54, 1.807) is 0 Å². The summed E-state index contributed by atoms with van der Waals surface area (Å²) in [6.45, 7) is 1.50. The molecule has 2 nitrogen and oxygen atoms in total. The van der Waals surface area contributed by atoms with E-state index < -0.39 is 0 Å². The van der Waals surface area contributed by atoms with Gasteiger partial charge in [0, 0.05) is 0 Å². The first kappa shape index (κ1) is 16.8. The van der Waals surface area contributed by atoms with Crippen LogP contribution >= 0.6 is 15.9 Å². The fourth-order valence-electron chi connectivity index (χ4n) is 3.60. The summed E-state index contributed by atoms with van der Waals surface area (Å²) >= 11 is 4.34. The predicted octanol–water partition coefficient (Wildman–Crippen LogP) is 3.57. The zero-order chi connectivity index (χ0) is 16.4. The van der Waals surface area contributed by atoms with E-state index in [1.165, 1.54) is 10.0 Å². The molecule has 2 saturated heterocycles. The van der Waals surface area contributed by atoms with Gasteiger partial charge in [0.2, 0.25) is 0 Å². The number of hydrogen-bond acceptors (Lipinski definition) is 2. The number of benzene rings is 2. The van der Waals surface area contributed by atoms with Crippen molar-refractivity contribution in [2.75, 3.05) is 6.61 Å². The minimum atomic E-state index is 0.343. The molecule has 2 fully saturated rings. The number of fused-ring (bicyclic) bond motifs is 2. The summed E-state index contributed by atoms with van der Waals surface area (Å²) in [5, 5.41) is 0. The molecule has 0 unspecified atom stereocenters. The molecule has 2 heterocycles. The molecular formula is C20H21BrO2Se. The standard InChI is InChI=1S/C20H21BrO2Se/c21-18-17-11-15(13-22-12-14-7-3-1-4-8-14)19(23-17)20(18)24-16-9-5-2-6-10-16/h1-10,15,17-20H,11-13H2/t15-,17-,18+,19+,20-/m0/s1. The monoisotopic (exact) mass is 452 g/mol. The van der Waals surface area contributed by atoms with Gasteiger partial charge in [-0.15, -0.1) is 0 Å². The Hall–Kier alpha value is -0.641. The van der Waals surface area contributed by atoms with Crippen LogP contribution in [-0.2, 0) is 16.1 Å². The van der Waals surface area contributed by atoms with Crippen LogP contribution in [0.2, 0.25) is 4.82 Å². The van der Waals surface area contributed by atoms with Crippen molar-refractivity contribution in [1.29, 1.82) is 0 Å². The topological polar surface area (TPSA) is 18.5 Å². The van der Waals surface area contributed by atoms with Crippen LogP contribution in [0.4, 0.5) is 0 Å². The fraction of sp³-hybridized carbons (Fsp3) is 0.400. The summed E-state index contributed by atoms with van der Waals surface area (Å²) in [4.78, 5) is 1.09. The van der Waals surface area contributed by atoms with Gasteiger partial charge in [0.25, 0.3) is 0 Å². The average molecular weight is 452 g/mol. The summed E-state index contributed by atoms with van der Waals surface area (Å²) in [7, 11) is 0. The van der Waals surface area contributed by atoms with Gasteiger partial charge in [0.05, 0.1) is 0 Å². The van der Waals surface area contributed by atoms with Gasteiger partial charge in [-0.05, 0) is 0 Å². The maximum atomic E-state index is 6.27. The molecule has 5 atom stereocenters. The molecule has 0 N–H and O–H groups in total. The summed E-state index contributed by atoms with van der Waals surface area (Å²) in [5.74, 6) is 0.531. The Bertz CT molecular complexity index is 651. The van der Waals surface area contributed by atoms with Crippen molar-refractivity contribution in [2.45, 2.75) is 34.9 Å². The molecule has 0 aromatic heterocycles. The third kappa shape index (κ3) is 3.63. The minimum absolute atomic E-state index is 0.343. The molecule has 2 aliphatic heterocycles. The first-order valence-corrected chi connectivity index (χ1v) is 11.2. The van der Waals surface area contributed by atoms with Crippen LogP contribution in [0.25, 0.3) is 0 Å². The quantitative estimate of drug-likeness (QED) is 0.493. The second-order valence-corrected chi connectivity index (χ2v) is 10.2. The van der Waals surface area contributed by atoms with Crippen LogP contribution in [0.1, 0.15) is 12.0 Å². The Balaban J connectivity index is 1.34. The molecule has 0 radical (unpaired) electrons. The van der Waals surface area contributed by atoms with Gasteiger partial charge in [-0.25, -0.2) is 0 Å². The number of halogens is 1. The van der Waals surface area contributed by atoms with Crippen LogP contribution in [0.5, 0.6) is 0 Å². The van der Waals surface area contributed by atoms with Gasteiger partial charge in [-0.2, -0.15) is 0 Å². The van der Waals surface area contributed by atoms with Gasteiger partial charge < -0.3 is 0 Å². The molecule has 24 heavy (non-hydrogen) atoms. The number of alkyl halides is 1. The summed E-state index contributed by atoms with van der Waals surface area (Å²) in [6.07, 6.45) is 1.82. The van der Waals surface area contributed by atoms with Gasteiger partial charge in [0.1, 0.15) is 0 Å². The molecule has 0 aliphatic carbocycles. The van der Waals surface area contributed by atoms with E-state index in [-0.39, 0.29) is 0 Å². The van der Waals surface area contributed by atoms with E-state index in [4.69, 9.17) is 9.47 Å². The SMILES string of the molecule is Br[C@H]1[C@H]([Se]c2ccccc2)[C@@H]2O[C@H]1C[C@H]2COCc1ccccc1. The zero-order valence-corrected chi connectivity index (χ0v) is 16.7. The summed E-state index contributed by atoms with van der Waals surface area (Å²) < 4.78 is 13.7. The molecule has 0 saturated carbocycles. The van der Waals surface area contributed by atoms with Gasteiger partial charge in [-0.3, -0.25) is 0 Å². The van der Waals surface area contributed by atoms with Crippen molar-refractivity contribution in [3.63, 3.8) is 0 Å². The number of hydrogen-bond donors (Lipinski definition) is 0. The molecule has 4 rings (SSSR count).